The van der Waals surface area contributed by atoms with Crippen molar-refractivity contribution in [1.29, 1.82) is 0 Å². The highest BCUT2D eigenvalue weighted by molar-refractivity contribution is 9.11. The fourth-order valence-corrected chi connectivity index (χ4v) is 4.40. The maximum absolute atomic E-state index is 12.3. The highest BCUT2D eigenvalue weighted by Gasteiger charge is 2.38. The molecule has 19 heavy (non-hydrogen) atoms. The number of hydrogen-bond donors (Lipinski definition) is 0. The van der Waals surface area contributed by atoms with Crippen LogP contribution in [0.5, 0.6) is 0 Å². The Hall–Kier alpha value is -1.01. The molecule has 6 heteroatoms. The zero-order valence-electron chi connectivity index (χ0n) is 10.1. The van der Waals surface area contributed by atoms with Crippen LogP contribution in [0.3, 0.4) is 0 Å². The van der Waals surface area contributed by atoms with Crippen LogP contribution in [0.2, 0.25) is 0 Å². The second-order valence-corrected chi connectivity index (χ2v) is 7.43. The first-order valence-electron chi connectivity index (χ1n) is 6.20. The molecule has 1 saturated carbocycles. The molecule has 100 valence electrons. The second-order valence-electron chi connectivity index (χ2n) is 4.91. The summed E-state index contributed by atoms with van der Waals surface area (Å²) in [5.41, 5.74) is 0.695. The van der Waals surface area contributed by atoms with Gasteiger partial charge in [-0.25, -0.2) is 0 Å². The predicted molar refractivity (Wildman–Crippen MR) is 74.2 cm³/mol. The number of fused-ring (bicyclic) bond motifs is 1. The fourth-order valence-electron chi connectivity index (χ4n) is 2.71. The van der Waals surface area contributed by atoms with Crippen molar-refractivity contribution in [2.24, 2.45) is 0 Å². The monoisotopic (exact) mass is 341 g/mol. The van der Waals surface area contributed by atoms with Gasteiger partial charge in [-0.3, -0.25) is 14.4 Å². The summed E-state index contributed by atoms with van der Waals surface area (Å²) < 4.78 is 0.938. The normalized spacial score (nSPS) is 23.7. The molecule has 1 aliphatic carbocycles. The van der Waals surface area contributed by atoms with Crippen LogP contribution in [0.4, 0.5) is 0 Å². The smallest absolute Gasteiger partial charge is 0.256 e. The molecule has 4 nitrogen and oxygen atoms in total. The molecule has 1 fully saturated rings. The molecule has 0 N–H and O–H groups in total. The number of ketones is 2. The topological polar surface area (TPSA) is 54.5 Å². The van der Waals surface area contributed by atoms with Gasteiger partial charge >= 0.3 is 0 Å². The molecule has 0 unspecified atom stereocenters. The van der Waals surface area contributed by atoms with E-state index in [-0.39, 0.29) is 23.9 Å². The highest BCUT2D eigenvalue weighted by atomic mass is 79.9. The molecular formula is C13H12BrNO3S. The van der Waals surface area contributed by atoms with Crippen LogP contribution in [0.15, 0.2) is 9.85 Å². The minimum Gasteiger partial charge on any atom is -0.323 e. The number of halogens is 1. The van der Waals surface area contributed by atoms with Gasteiger partial charge in [0.1, 0.15) is 5.78 Å². The van der Waals surface area contributed by atoms with E-state index in [9.17, 15) is 14.4 Å². The molecular weight excluding hydrogens is 330 g/mol. The SMILES string of the molecule is O=C1CCC[C@H](N2Cc3sc(Br)cc3C2=O)C(=O)C1. The molecule has 1 aromatic rings. The van der Waals surface area contributed by atoms with Crippen molar-refractivity contribution >= 4 is 44.7 Å². The quantitative estimate of drug-likeness (QED) is 0.582. The molecule has 1 atom stereocenters. The second kappa shape index (κ2) is 4.83. The molecule has 1 aromatic heterocycles. The molecule has 0 radical (unpaired) electrons. The van der Waals surface area contributed by atoms with Crippen molar-refractivity contribution in [3.63, 3.8) is 0 Å². The van der Waals surface area contributed by atoms with Gasteiger partial charge in [-0.2, -0.15) is 0 Å². The lowest BCUT2D eigenvalue weighted by Crippen LogP contribution is -2.41. The van der Waals surface area contributed by atoms with Crippen LogP contribution in [0.25, 0.3) is 0 Å². The van der Waals surface area contributed by atoms with E-state index < -0.39 is 6.04 Å². The summed E-state index contributed by atoms with van der Waals surface area (Å²) in [6.45, 7) is 0.495. The lowest BCUT2D eigenvalue weighted by molar-refractivity contribution is -0.128. The van der Waals surface area contributed by atoms with E-state index in [2.05, 4.69) is 15.9 Å². The Morgan fingerprint density at radius 3 is 2.84 bits per heavy atom. The van der Waals surface area contributed by atoms with Gasteiger partial charge < -0.3 is 4.90 Å². The average Bonchev–Trinajstić information content (AvgIpc) is 2.77. The number of amides is 1. The lowest BCUT2D eigenvalue weighted by Gasteiger charge is -2.25. The molecule has 0 saturated heterocycles. The van der Waals surface area contributed by atoms with Crippen molar-refractivity contribution in [1.82, 2.24) is 4.90 Å². The van der Waals surface area contributed by atoms with E-state index in [1.807, 2.05) is 6.07 Å². The van der Waals surface area contributed by atoms with E-state index in [1.165, 1.54) is 11.3 Å². The lowest BCUT2D eigenvalue weighted by atomic mass is 10.1. The molecule has 2 aliphatic rings. The van der Waals surface area contributed by atoms with Crippen LogP contribution >= 0.6 is 27.3 Å². The van der Waals surface area contributed by atoms with Gasteiger partial charge in [0.05, 0.1) is 28.4 Å². The Kier molecular flexibility index (Phi) is 3.30. The fraction of sp³-hybridized carbons (Fsp3) is 0.462. The third-order valence-electron chi connectivity index (χ3n) is 3.64. The first kappa shape index (κ1) is 13.0. The third kappa shape index (κ3) is 2.27. The van der Waals surface area contributed by atoms with Crippen LogP contribution in [-0.2, 0) is 16.1 Å². The summed E-state index contributed by atoms with van der Waals surface area (Å²) in [4.78, 5) is 38.5. The number of carbonyl (C=O) groups is 3. The van der Waals surface area contributed by atoms with Crippen molar-refractivity contribution in [3.05, 3.63) is 20.3 Å². The predicted octanol–water partition coefficient (Wildman–Crippen LogP) is 2.55. The standard InChI is InChI=1S/C13H12BrNO3S/c14-12-5-8-11(19-12)6-15(13(8)18)9-3-1-2-7(16)4-10(9)17/h5,9H,1-4,6H2/t9-/m0/s1. The maximum Gasteiger partial charge on any atom is 0.256 e. The molecule has 3 rings (SSSR count). The first-order chi connectivity index (χ1) is 9.06. The Balaban J connectivity index is 1.84. The Bertz CT molecular complexity index is 580. The summed E-state index contributed by atoms with van der Waals surface area (Å²) in [6.07, 6.45) is 1.73. The van der Waals surface area contributed by atoms with Gasteiger partial charge in [0, 0.05) is 11.3 Å². The molecule has 0 bridgehead atoms. The zero-order chi connectivity index (χ0) is 13.6. The minimum absolute atomic E-state index is 0.00309. The highest BCUT2D eigenvalue weighted by Crippen LogP contribution is 2.36. The first-order valence-corrected chi connectivity index (χ1v) is 7.81. The molecule has 0 aromatic carbocycles. The summed E-state index contributed by atoms with van der Waals surface area (Å²) in [5.74, 6) is -0.189. The summed E-state index contributed by atoms with van der Waals surface area (Å²) >= 11 is 4.90. The van der Waals surface area contributed by atoms with Crippen molar-refractivity contribution in [3.8, 4) is 0 Å². The zero-order valence-corrected chi connectivity index (χ0v) is 12.6. The number of carbonyl (C=O) groups excluding carboxylic acids is 3. The van der Waals surface area contributed by atoms with E-state index in [1.54, 1.807) is 4.90 Å². The third-order valence-corrected chi connectivity index (χ3v) is 5.26. The van der Waals surface area contributed by atoms with E-state index in [4.69, 9.17) is 0 Å². The molecule has 0 spiro atoms. The number of Topliss-reactive ketones (excluding diaryl/α,β-unsaturated/α-hetero) is 2. The number of rotatable bonds is 1. The van der Waals surface area contributed by atoms with Gasteiger partial charge in [0.25, 0.3) is 5.91 Å². The Morgan fingerprint density at radius 2 is 2.11 bits per heavy atom. The van der Waals surface area contributed by atoms with Crippen LogP contribution in [0, 0.1) is 0 Å². The average molecular weight is 342 g/mol. The van der Waals surface area contributed by atoms with Crippen LogP contribution in [0.1, 0.15) is 40.9 Å². The van der Waals surface area contributed by atoms with Gasteiger partial charge in [-0.1, -0.05) is 0 Å². The van der Waals surface area contributed by atoms with Gasteiger partial charge in [-0.05, 0) is 34.8 Å². The van der Waals surface area contributed by atoms with Crippen molar-refractivity contribution in [2.45, 2.75) is 38.3 Å². The van der Waals surface area contributed by atoms with Gasteiger partial charge in [0.2, 0.25) is 0 Å². The van der Waals surface area contributed by atoms with Crippen molar-refractivity contribution < 1.29 is 14.4 Å². The van der Waals surface area contributed by atoms with Crippen LogP contribution < -0.4 is 0 Å². The largest absolute Gasteiger partial charge is 0.323 e. The number of thiophene rings is 1. The summed E-state index contributed by atoms with van der Waals surface area (Å²) in [6, 6.07) is 1.40. The van der Waals surface area contributed by atoms with Gasteiger partial charge in [0.15, 0.2) is 5.78 Å². The van der Waals surface area contributed by atoms with Crippen molar-refractivity contribution in [2.75, 3.05) is 0 Å². The number of hydrogen-bond acceptors (Lipinski definition) is 4. The van der Waals surface area contributed by atoms with E-state index >= 15 is 0 Å². The Labute approximate surface area is 122 Å². The summed E-state index contributed by atoms with van der Waals surface area (Å²) in [7, 11) is 0. The number of nitrogens with zero attached hydrogens (tertiary/aromatic N) is 1. The maximum atomic E-state index is 12.3. The van der Waals surface area contributed by atoms with Gasteiger partial charge in [-0.15, -0.1) is 11.3 Å². The molecule has 1 aliphatic heterocycles. The molecule has 2 heterocycles. The Morgan fingerprint density at radius 1 is 1.32 bits per heavy atom. The minimum atomic E-state index is -0.419. The van der Waals surface area contributed by atoms with Crippen LogP contribution in [-0.4, -0.2) is 28.4 Å². The summed E-state index contributed by atoms with van der Waals surface area (Å²) in [5, 5.41) is 0. The van der Waals surface area contributed by atoms with E-state index in [0.717, 1.165) is 8.66 Å². The van der Waals surface area contributed by atoms with E-state index in [0.29, 0.717) is 31.4 Å². The molecule has 1 amide bonds.